The van der Waals surface area contributed by atoms with Crippen LogP contribution in [-0.2, 0) is 42.0 Å². The molecular formula is C38H49F2N3O4. The summed E-state index contributed by atoms with van der Waals surface area (Å²) in [5.74, 6) is -2.19. The smallest absolute Gasteiger partial charge is 0.281 e. The second-order valence-corrected chi connectivity index (χ2v) is 14.3. The van der Waals surface area contributed by atoms with Crippen LogP contribution in [0.5, 0.6) is 0 Å². The van der Waals surface area contributed by atoms with Crippen molar-refractivity contribution in [3.63, 3.8) is 0 Å². The van der Waals surface area contributed by atoms with Gasteiger partial charge in [0, 0.05) is 32.6 Å². The lowest BCUT2D eigenvalue weighted by atomic mass is 9.83. The van der Waals surface area contributed by atoms with Gasteiger partial charge >= 0.3 is 0 Å². The molecule has 2 unspecified atom stereocenters. The number of hydrogen-bond acceptors (Lipinski definition) is 6. The molecule has 1 aliphatic rings. The highest BCUT2D eigenvalue weighted by Gasteiger charge is 2.57. The number of hydrogen-bond donors (Lipinski definition) is 1. The molecule has 0 bridgehead atoms. The molecule has 4 rings (SSSR count). The van der Waals surface area contributed by atoms with Crippen molar-refractivity contribution in [2.45, 2.75) is 96.0 Å². The minimum Gasteiger partial charge on any atom is -0.443 e. The number of methoxy groups -OCH3 is 2. The summed E-state index contributed by atoms with van der Waals surface area (Å²) in [6, 6.07) is 18.8. The molecule has 0 saturated heterocycles. The maximum absolute atomic E-state index is 15.2. The van der Waals surface area contributed by atoms with Crippen molar-refractivity contribution in [2.24, 2.45) is 10.8 Å². The largest absolute Gasteiger partial charge is 0.443 e. The number of rotatable bonds is 11. The van der Waals surface area contributed by atoms with E-state index in [4.69, 9.17) is 19.9 Å². The normalized spacial score (nSPS) is 18.8. The first-order valence-corrected chi connectivity index (χ1v) is 16.1. The van der Waals surface area contributed by atoms with Gasteiger partial charge in [-0.3, -0.25) is 4.79 Å². The number of amides is 1. The Morgan fingerprint density at radius 2 is 1.51 bits per heavy atom. The van der Waals surface area contributed by atoms with Gasteiger partial charge in [0.05, 0.1) is 11.7 Å². The minimum atomic E-state index is -1.58. The Bertz CT molecular complexity index is 1580. The average molecular weight is 650 g/mol. The van der Waals surface area contributed by atoms with Gasteiger partial charge in [0.25, 0.3) is 5.91 Å². The Kier molecular flexibility index (Phi) is 10.6. The van der Waals surface area contributed by atoms with Crippen LogP contribution in [0, 0.1) is 11.6 Å². The summed E-state index contributed by atoms with van der Waals surface area (Å²) < 4.78 is 48.2. The van der Waals surface area contributed by atoms with Crippen molar-refractivity contribution in [2.75, 3.05) is 20.8 Å². The fourth-order valence-corrected chi connectivity index (χ4v) is 5.94. The highest BCUT2D eigenvalue weighted by molar-refractivity contribution is 5.98. The van der Waals surface area contributed by atoms with Crippen molar-refractivity contribution < 1.29 is 27.8 Å². The molecule has 9 heteroatoms. The maximum Gasteiger partial charge on any atom is 0.281 e. The maximum atomic E-state index is 15.2. The molecule has 3 atom stereocenters. The fraction of sp³-hybridized carbons (Fsp3) is 0.474. The van der Waals surface area contributed by atoms with Crippen LogP contribution >= 0.6 is 0 Å². The van der Waals surface area contributed by atoms with E-state index >= 15 is 9.18 Å². The zero-order valence-corrected chi connectivity index (χ0v) is 29.1. The molecule has 254 valence electrons. The van der Waals surface area contributed by atoms with Gasteiger partial charge < -0.3 is 19.9 Å². The van der Waals surface area contributed by atoms with E-state index in [1.165, 1.54) is 19.2 Å². The third kappa shape index (κ3) is 7.27. The van der Waals surface area contributed by atoms with Gasteiger partial charge in [0.1, 0.15) is 11.6 Å². The van der Waals surface area contributed by atoms with E-state index in [2.05, 4.69) is 46.6 Å². The van der Waals surface area contributed by atoms with Gasteiger partial charge in [-0.2, -0.15) is 5.01 Å². The molecule has 0 fully saturated rings. The Morgan fingerprint density at radius 1 is 0.936 bits per heavy atom. The summed E-state index contributed by atoms with van der Waals surface area (Å²) in [6.45, 7) is 14.8. The van der Waals surface area contributed by atoms with Crippen LogP contribution < -0.4 is 5.73 Å². The number of hydrazone groups is 1. The number of carbonyl (C=O) groups is 1. The quantitative estimate of drug-likeness (QED) is 0.235. The molecule has 0 saturated carbocycles. The molecule has 2 N–H and O–H groups in total. The van der Waals surface area contributed by atoms with Crippen molar-refractivity contribution in [3.8, 4) is 0 Å². The first-order chi connectivity index (χ1) is 22.0. The monoisotopic (exact) mass is 649 g/mol. The average Bonchev–Trinajstić information content (AvgIpc) is 3.43. The van der Waals surface area contributed by atoms with E-state index in [9.17, 15) is 4.39 Å². The first kappa shape index (κ1) is 36.2. The third-order valence-electron chi connectivity index (χ3n) is 9.09. The minimum absolute atomic E-state index is 0.0537. The van der Waals surface area contributed by atoms with E-state index in [0.29, 0.717) is 18.5 Å². The van der Waals surface area contributed by atoms with Crippen molar-refractivity contribution in [1.82, 2.24) is 5.01 Å². The summed E-state index contributed by atoms with van der Waals surface area (Å²) in [4.78, 5) is 15.2. The lowest BCUT2D eigenvalue weighted by Gasteiger charge is -2.42. The van der Waals surface area contributed by atoms with Gasteiger partial charge in [-0.05, 0) is 65.6 Å². The number of carbonyl (C=O) groups excluding carboxylic acids is 1. The molecule has 0 spiro atoms. The third-order valence-corrected chi connectivity index (χ3v) is 9.09. The molecule has 0 aliphatic carbocycles. The lowest BCUT2D eigenvalue weighted by Crippen LogP contribution is -2.61. The molecule has 3 aromatic carbocycles. The summed E-state index contributed by atoms with van der Waals surface area (Å²) in [6.07, 6.45) is 0.0545. The second-order valence-electron chi connectivity index (χ2n) is 14.3. The Labute approximate surface area is 278 Å². The van der Waals surface area contributed by atoms with Gasteiger partial charge in [-0.15, -0.1) is 5.10 Å². The van der Waals surface area contributed by atoms with Crippen LogP contribution in [0.1, 0.15) is 89.1 Å². The topological polar surface area (TPSA) is 86.4 Å². The van der Waals surface area contributed by atoms with E-state index in [1.54, 1.807) is 6.92 Å². The van der Waals surface area contributed by atoms with Crippen molar-refractivity contribution in [3.05, 3.63) is 106 Å². The number of ether oxygens (including phenoxy) is 3. The van der Waals surface area contributed by atoms with Crippen LogP contribution in [0.4, 0.5) is 8.78 Å². The predicted molar refractivity (Wildman–Crippen MR) is 181 cm³/mol. The number of nitrogens with zero attached hydrogens (tertiary/aromatic N) is 2. The number of benzene rings is 3. The molecule has 1 aliphatic heterocycles. The van der Waals surface area contributed by atoms with E-state index < -0.39 is 35.0 Å². The summed E-state index contributed by atoms with van der Waals surface area (Å²) >= 11 is 0. The molecule has 7 nitrogen and oxygen atoms in total. The second kappa shape index (κ2) is 13.8. The fourth-order valence-electron chi connectivity index (χ4n) is 5.94. The highest BCUT2D eigenvalue weighted by Crippen LogP contribution is 2.44. The molecule has 0 radical (unpaired) electrons. The van der Waals surface area contributed by atoms with Gasteiger partial charge in [-0.1, -0.05) is 90.1 Å². The lowest BCUT2D eigenvalue weighted by molar-refractivity contribution is -0.190. The Hall–Kier alpha value is -3.66. The number of halogens is 2. The van der Waals surface area contributed by atoms with E-state index in [1.807, 2.05) is 48.5 Å². The zero-order chi connectivity index (χ0) is 34.8. The van der Waals surface area contributed by atoms with Crippen LogP contribution in [-0.4, -0.2) is 49.3 Å². The number of nitrogens with two attached hydrogens (primary N) is 1. The summed E-state index contributed by atoms with van der Waals surface area (Å²) in [5.41, 5.74) is 6.16. The molecule has 0 aromatic heterocycles. The molecule has 3 aromatic rings. The zero-order valence-electron chi connectivity index (χ0n) is 29.1. The summed E-state index contributed by atoms with van der Waals surface area (Å²) in [7, 11) is 2.98. The van der Waals surface area contributed by atoms with Crippen LogP contribution in [0.25, 0.3) is 0 Å². The van der Waals surface area contributed by atoms with Gasteiger partial charge in [0.2, 0.25) is 11.6 Å². The molecule has 1 amide bonds. The van der Waals surface area contributed by atoms with Crippen LogP contribution in [0.2, 0.25) is 0 Å². The molecule has 1 heterocycles. The van der Waals surface area contributed by atoms with E-state index in [-0.39, 0.29) is 35.1 Å². The SMILES string of the molecule is COC(C)[C@](Cc1ccc(C(C)(C)C)cc1)(OC)C(=O)N1N=C(c2cc(F)ccc2F)OC1(CCCN)c1ccc(C(C)(C)C)cc1. The molecule has 47 heavy (non-hydrogen) atoms. The standard InChI is InChI=1S/C38H49F2N3O4/c1-25(45-8)37(46-9,24-26-11-13-27(14-12-26)35(2,3)4)34(44)43-38(21-10-22-41,29-17-15-28(16-18-29)36(5,6)7)47-33(42-43)31-23-30(39)19-20-32(31)40/h11-20,23,25H,10,21-22,24,41H2,1-9H3/t25?,37-,38?/m0/s1. The summed E-state index contributed by atoms with van der Waals surface area (Å²) in [5, 5.41) is 5.86. The van der Waals surface area contributed by atoms with Crippen molar-refractivity contribution in [1.29, 1.82) is 0 Å². The van der Waals surface area contributed by atoms with Crippen LogP contribution in [0.15, 0.2) is 71.8 Å². The molecular weight excluding hydrogens is 600 g/mol. The first-order valence-electron chi connectivity index (χ1n) is 16.1. The van der Waals surface area contributed by atoms with Crippen molar-refractivity contribution >= 4 is 11.8 Å². The van der Waals surface area contributed by atoms with Crippen LogP contribution in [0.3, 0.4) is 0 Å². The van der Waals surface area contributed by atoms with Gasteiger partial charge in [-0.25, -0.2) is 8.78 Å². The Balaban J connectivity index is 1.93. The Morgan fingerprint density at radius 3 is 2.02 bits per heavy atom. The highest BCUT2D eigenvalue weighted by atomic mass is 19.1. The predicted octanol–water partition coefficient (Wildman–Crippen LogP) is 7.33. The van der Waals surface area contributed by atoms with Gasteiger partial charge in [0.15, 0.2) is 5.60 Å². The van der Waals surface area contributed by atoms with E-state index in [0.717, 1.165) is 34.9 Å².